The number of carbonyl (C=O) groups excluding carboxylic acids is 2. The molecule has 8 nitrogen and oxygen atoms in total. The van der Waals surface area contributed by atoms with Crippen LogP contribution in [0.2, 0.25) is 0 Å². The second kappa shape index (κ2) is 9.70. The lowest BCUT2D eigenvalue weighted by molar-refractivity contribution is -0.134. The van der Waals surface area contributed by atoms with Gasteiger partial charge in [-0.1, -0.05) is 19.1 Å². The molecule has 1 rings (SSSR count). The van der Waals surface area contributed by atoms with Gasteiger partial charge in [-0.3, -0.25) is 8.98 Å². The van der Waals surface area contributed by atoms with Gasteiger partial charge in [0.1, 0.15) is 11.4 Å². The van der Waals surface area contributed by atoms with Crippen LogP contribution in [0.25, 0.3) is 0 Å². The van der Waals surface area contributed by atoms with E-state index in [1.807, 2.05) is 6.92 Å². The first-order valence-electron chi connectivity index (χ1n) is 8.54. The van der Waals surface area contributed by atoms with Crippen LogP contribution >= 0.6 is 0 Å². The van der Waals surface area contributed by atoms with Gasteiger partial charge in [-0.25, -0.2) is 4.79 Å². The summed E-state index contributed by atoms with van der Waals surface area (Å²) in [5.74, 6) is 0.0198. The van der Waals surface area contributed by atoms with E-state index in [1.165, 1.54) is 0 Å². The number of hydrogen-bond donors (Lipinski definition) is 1. The second-order valence-corrected chi connectivity index (χ2v) is 8.62. The molecule has 0 aliphatic rings. The maximum atomic E-state index is 12.0. The summed E-state index contributed by atoms with van der Waals surface area (Å²) in [6, 6.07) is 5.58. The van der Waals surface area contributed by atoms with E-state index in [0.717, 1.165) is 6.26 Å². The third-order valence-electron chi connectivity index (χ3n) is 3.11. The Hall–Kier alpha value is -2.13. The minimum atomic E-state index is -3.69. The summed E-state index contributed by atoms with van der Waals surface area (Å²) in [5.41, 5.74) is -0.135. The molecule has 0 saturated heterocycles. The van der Waals surface area contributed by atoms with E-state index in [9.17, 15) is 18.0 Å². The summed E-state index contributed by atoms with van der Waals surface area (Å²) in [4.78, 5) is 23.6. The summed E-state index contributed by atoms with van der Waals surface area (Å²) >= 11 is 0. The largest absolute Gasteiger partial charge is 0.444 e. The van der Waals surface area contributed by atoms with Gasteiger partial charge in [-0.15, -0.1) is 0 Å². The van der Waals surface area contributed by atoms with Crippen LogP contribution in [0.3, 0.4) is 0 Å². The standard InChI is InChI=1S/C18H27NO7S/c1-6-7-16(20)25-14-10-8-13(9-11-14)15(12-24-27(5,22)23)19-17(21)26-18(2,3)4/h8-11,15H,6-7,12H2,1-5H3,(H,19,21)/t15-/m1/s1. The second-order valence-electron chi connectivity index (χ2n) is 6.98. The van der Waals surface area contributed by atoms with Crippen molar-refractivity contribution in [1.82, 2.24) is 5.32 Å². The van der Waals surface area contributed by atoms with Crippen molar-refractivity contribution in [2.45, 2.75) is 52.2 Å². The molecule has 0 aliphatic carbocycles. The van der Waals surface area contributed by atoms with Crippen molar-refractivity contribution in [3.63, 3.8) is 0 Å². The van der Waals surface area contributed by atoms with Crippen molar-refractivity contribution >= 4 is 22.2 Å². The molecule has 0 fully saturated rings. The lowest BCUT2D eigenvalue weighted by atomic mass is 10.1. The molecule has 1 N–H and O–H groups in total. The van der Waals surface area contributed by atoms with Crippen molar-refractivity contribution in [1.29, 1.82) is 0 Å². The lowest BCUT2D eigenvalue weighted by Gasteiger charge is -2.23. The Balaban J connectivity index is 2.90. The molecular formula is C18H27NO7S. The van der Waals surface area contributed by atoms with E-state index in [2.05, 4.69) is 5.32 Å². The van der Waals surface area contributed by atoms with Crippen LogP contribution in [0, 0.1) is 0 Å². The van der Waals surface area contributed by atoms with Crippen LogP contribution in [0.5, 0.6) is 5.75 Å². The lowest BCUT2D eigenvalue weighted by Crippen LogP contribution is -2.37. The van der Waals surface area contributed by atoms with Gasteiger partial charge in [-0.05, 0) is 44.9 Å². The van der Waals surface area contributed by atoms with E-state index >= 15 is 0 Å². The topological polar surface area (TPSA) is 108 Å². The fourth-order valence-electron chi connectivity index (χ4n) is 2.02. The number of carbonyl (C=O) groups is 2. The fourth-order valence-corrected chi connectivity index (χ4v) is 2.40. The normalized spacial score (nSPS) is 12.9. The van der Waals surface area contributed by atoms with E-state index in [-0.39, 0.29) is 12.6 Å². The number of ether oxygens (including phenoxy) is 2. The molecule has 27 heavy (non-hydrogen) atoms. The molecule has 1 atom stereocenters. The van der Waals surface area contributed by atoms with Gasteiger partial charge in [0.15, 0.2) is 0 Å². The van der Waals surface area contributed by atoms with Crippen LogP contribution in [0.1, 0.15) is 52.1 Å². The van der Waals surface area contributed by atoms with E-state index in [4.69, 9.17) is 13.7 Å². The Morgan fingerprint density at radius 2 is 1.74 bits per heavy atom. The van der Waals surface area contributed by atoms with Crippen molar-refractivity contribution in [2.75, 3.05) is 12.9 Å². The maximum Gasteiger partial charge on any atom is 0.408 e. The molecule has 0 unspecified atom stereocenters. The van der Waals surface area contributed by atoms with E-state index < -0.39 is 27.9 Å². The number of rotatable bonds is 8. The number of benzene rings is 1. The summed E-state index contributed by atoms with van der Waals surface area (Å²) in [7, 11) is -3.69. The molecule has 1 aromatic rings. The molecule has 0 spiro atoms. The van der Waals surface area contributed by atoms with Gasteiger partial charge in [-0.2, -0.15) is 8.42 Å². The van der Waals surface area contributed by atoms with Gasteiger partial charge < -0.3 is 14.8 Å². The predicted molar refractivity (Wildman–Crippen MR) is 99.9 cm³/mol. The Kier molecular flexibility index (Phi) is 8.23. The predicted octanol–water partition coefficient (Wildman–Crippen LogP) is 2.93. The van der Waals surface area contributed by atoms with Crippen LogP contribution in [0.15, 0.2) is 24.3 Å². The highest BCUT2D eigenvalue weighted by Crippen LogP contribution is 2.20. The fraction of sp³-hybridized carbons (Fsp3) is 0.556. The smallest absolute Gasteiger partial charge is 0.408 e. The molecule has 0 radical (unpaired) electrons. The highest BCUT2D eigenvalue weighted by Gasteiger charge is 2.22. The average molecular weight is 401 g/mol. The summed E-state index contributed by atoms with van der Waals surface area (Å²) in [5, 5.41) is 2.58. The first-order valence-corrected chi connectivity index (χ1v) is 10.4. The zero-order chi connectivity index (χ0) is 20.7. The van der Waals surface area contributed by atoms with Gasteiger partial charge in [0, 0.05) is 6.42 Å². The van der Waals surface area contributed by atoms with Gasteiger partial charge >= 0.3 is 12.1 Å². The van der Waals surface area contributed by atoms with Crippen LogP contribution in [-0.4, -0.2) is 38.9 Å². The number of hydrogen-bond acceptors (Lipinski definition) is 7. The van der Waals surface area contributed by atoms with Gasteiger partial charge in [0.25, 0.3) is 10.1 Å². The average Bonchev–Trinajstić information content (AvgIpc) is 2.50. The molecule has 0 heterocycles. The SMILES string of the molecule is CCCC(=O)Oc1ccc([C@@H](COS(C)(=O)=O)NC(=O)OC(C)(C)C)cc1. The van der Waals surface area contributed by atoms with Gasteiger partial charge in [0.05, 0.1) is 18.9 Å². The highest BCUT2D eigenvalue weighted by atomic mass is 32.2. The zero-order valence-electron chi connectivity index (χ0n) is 16.3. The van der Waals surface area contributed by atoms with Crippen LogP contribution < -0.4 is 10.1 Å². The van der Waals surface area contributed by atoms with Crippen molar-refractivity contribution < 1.29 is 31.7 Å². The molecule has 152 valence electrons. The first kappa shape index (κ1) is 22.9. The molecule has 0 aliphatic heterocycles. The molecular weight excluding hydrogens is 374 g/mol. The number of esters is 1. The Labute approximate surface area is 160 Å². The maximum absolute atomic E-state index is 12.0. The molecule has 0 aromatic heterocycles. The summed E-state index contributed by atoms with van der Waals surface area (Å²) in [6.45, 7) is 6.72. The van der Waals surface area contributed by atoms with Crippen LogP contribution in [0.4, 0.5) is 4.79 Å². The number of amides is 1. The summed E-state index contributed by atoms with van der Waals surface area (Å²) in [6.07, 6.45) is 1.21. The summed E-state index contributed by atoms with van der Waals surface area (Å²) < 4.78 is 37.8. The molecule has 9 heteroatoms. The third-order valence-corrected chi connectivity index (χ3v) is 3.67. The van der Waals surface area contributed by atoms with Crippen molar-refractivity contribution in [3.8, 4) is 5.75 Å². The Morgan fingerprint density at radius 1 is 1.15 bits per heavy atom. The number of alkyl carbamates (subject to hydrolysis) is 1. The third kappa shape index (κ3) is 9.95. The van der Waals surface area contributed by atoms with Crippen molar-refractivity contribution in [2.24, 2.45) is 0 Å². The van der Waals surface area contributed by atoms with Crippen LogP contribution in [-0.2, 0) is 23.8 Å². The Morgan fingerprint density at radius 3 is 2.22 bits per heavy atom. The monoisotopic (exact) mass is 401 g/mol. The molecule has 1 aromatic carbocycles. The first-order chi connectivity index (χ1) is 12.4. The number of nitrogens with one attached hydrogen (secondary N) is 1. The zero-order valence-corrected chi connectivity index (χ0v) is 17.1. The minimum Gasteiger partial charge on any atom is -0.444 e. The molecule has 0 saturated carbocycles. The quantitative estimate of drug-likeness (QED) is 0.405. The van der Waals surface area contributed by atoms with Gasteiger partial charge in [0.2, 0.25) is 0 Å². The van der Waals surface area contributed by atoms with Crippen molar-refractivity contribution in [3.05, 3.63) is 29.8 Å². The van der Waals surface area contributed by atoms with E-state index in [1.54, 1.807) is 45.0 Å². The minimum absolute atomic E-state index is 0.299. The van der Waals surface area contributed by atoms with E-state index in [0.29, 0.717) is 24.2 Å². The Bertz CT molecular complexity index is 736. The highest BCUT2D eigenvalue weighted by molar-refractivity contribution is 7.85. The molecule has 0 bridgehead atoms. The molecule has 1 amide bonds.